The zero-order valence-corrected chi connectivity index (χ0v) is 10.3. The van der Waals surface area contributed by atoms with Crippen LogP contribution in [0.3, 0.4) is 0 Å². The van der Waals surface area contributed by atoms with Gasteiger partial charge in [-0.1, -0.05) is 12.1 Å². The van der Waals surface area contributed by atoms with Gasteiger partial charge >= 0.3 is 0 Å². The molecule has 0 spiro atoms. The van der Waals surface area contributed by atoms with Crippen molar-refractivity contribution in [3.05, 3.63) is 52.5 Å². The summed E-state index contributed by atoms with van der Waals surface area (Å²) in [7, 11) is 0. The molecule has 4 nitrogen and oxygen atoms in total. The van der Waals surface area contributed by atoms with Crippen LogP contribution in [0.5, 0.6) is 0 Å². The van der Waals surface area contributed by atoms with Crippen LogP contribution in [0.4, 0.5) is 0 Å². The van der Waals surface area contributed by atoms with Crippen LogP contribution in [0.1, 0.15) is 15.2 Å². The molecule has 0 saturated carbocycles. The first-order valence-corrected chi connectivity index (χ1v) is 6.44. The summed E-state index contributed by atoms with van der Waals surface area (Å²) < 4.78 is 0. The maximum atomic E-state index is 11.8. The number of nitrogens with zero attached hydrogens (tertiary/aromatic N) is 1. The monoisotopic (exact) mass is 257 g/mol. The third-order valence-electron chi connectivity index (χ3n) is 2.68. The lowest BCUT2D eigenvalue weighted by molar-refractivity contribution is 0.0955. The highest BCUT2D eigenvalue weighted by Crippen LogP contribution is 2.12. The summed E-state index contributed by atoms with van der Waals surface area (Å²) in [6.07, 6.45) is 1.67. The van der Waals surface area contributed by atoms with Crippen LogP contribution in [-0.4, -0.2) is 15.9 Å². The highest BCUT2D eigenvalue weighted by Gasteiger charge is 2.06. The molecule has 2 aromatic heterocycles. The largest absolute Gasteiger partial charge is 0.347 e. The average molecular weight is 257 g/mol. The van der Waals surface area contributed by atoms with Crippen LogP contribution >= 0.6 is 11.3 Å². The van der Waals surface area contributed by atoms with Crippen molar-refractivity contribution in [2.24, 2.45) is 0 Å². The zero-order valence-electron chi connectivity index (χ0n) is 9.51. The van der Waals surface area contributed by atoms with E-state index in [1.807, 2.05) is 35.7 Å². The number of nitrogens with one attached hydrogen (secondary N) is 2. The van der Waals surface area contributed by atoms with Gasteiger partial charge in [0.1, 0.15) is 0 Å². The Hall–Kier alpha value is -2.14. The molecule has 2 heterocycles. The van der Waals surface area contributed by atoms with Gasteiger partial charge in [-0.25, -0.2) is 4.98 Å². The van der Waals surface area contributed by atoms with Crippen LogP contribution in [0.2, 0.25) is 0 Å². The third kappa shape index (κ3) is 2.12. The fourth-order valence-corrected chi connectivity index (χ4v) is 2.41. The number of aromatic amines is 1. The number of hydrogen-bond donors (Lipinski definition) is 2. The van der Waals surface area contributed by atoms with Crippen molar-refractivity contribution in [2.75, 3.05) is 0 Å². The Morgan fingerprint density at radius 3 is 3.17 bits per heavy atom. The Morgan fingerprint density at radius 1 is 1.39 bits per heavy atom. The van der Waals surface area contributed by atoms with E-state index >= 15 is 0 Å². The topological polar surface area (TPSA) is 57.8 Å². The van der Waals surface area contributed by atoms with Gasteiger partial charge in [0.05, 0.1) is 22.2 Å². The van der Waals surface area contributed by atoms with Gasteiger partial charge in [-0.05, 0) is 29.1 Å². The number of carbonyl (C=O) groups excluding carboxylic acids is 1. The predicted octanol–water partition coefficient (Wildman–Crippen LogP) is 2.55. The smallest absolute Gasteiger partial charge is 0.261 e. The summed E-state index contributed by atoms with van der Waals surface area (Å²) in [4.78, 5) is 19.7. The highest BCUT2D eigenvalue weighted by molar-refractivity contribution is 7.12. The van der Waals surface area contributed by atoms with Gasteiger partial charge in [0.25, 0.3) is 5.91 Å². The first-order chi connectivity index (χ1) is 8.83. The van der Waals surface area contributed by atoms with E-state index in [9.17, 15) is 4.79 Å². The van der Waals surface area contributed by atoms with Gasteiger partial charge in [0.15, 0.2) is 0 Å². The number of imidazole rings is 1. The molecule has 0 bridgehead atoms. The molecule has 5 heteroatoms. The number of fused-ring (bicyclic) bond motifs is 1. The van der Waals surface area contributed by atoms with Crippen molar-refractivity contribution < 1.29 is 4.79 Å². The van der Waals surface area contributed by atoms with Gasteiger partial charge < -0.3 is 10.3 Å². The minimum absolute atomic E-state index is 0.0327. The van der Waals surface area contributed by atoms with Crippen molar-refractivity contribution in [3.8, 4) is 0 Å². The van der Waals surface area contributed by atoms with Gasteiger partial charge in [0, 0.05) is 6.54 Å². The Bertz CT molecular complexity index is 672. The molecule has 0 aliphatic carbocycles. The fourth-order valence-electron chi connectivity index (χ4n) is 1.77. The van der Waals surface area contributed by atoms with E-state index in [4.69, 9.17) is 0 Å². The van der Waals surface area contributed by atoms with Crippen molar-refractivity contribution in [3.63, 3.8) is 0 Å². The van der Waals surface area contributed by atoms with E-state index in [0.717, 1.165) is 21.5 Å². The van der Waals surface area contributed by atoms with E-state index in [0.29, 0.717) is 6.54 Å². The second kappa shape index (κ2) is 4.62. The van der Waals surface area contributed by atoms with Gasteiger partial charge in [0.2, 0.25) is 0 Å². The first kappa shape index (κ1) is 11.0. The molecule has 2 N–H and O–H groups in total. The predicted molar refractivity (Wildman–Crippen MR) is 71.6 cm³/mol. The molecule has 18 heavy (non-hydrogen) atoms. The van der Waals surface area contributed by atoms with E-state index in [1.165, 1.54) is 11.3 Å². The summed E-state index contributed by atoms with van der Waals surface area (Å²) >= 11 is 1.44. The molecule has 0 saturated heterocycles. The lowest BCUT2D eigenvalue weighted by atomic mass is 10.2. The Labute approximate surface area is 108 Å². The summed E-state index contributed by atoms with van der Waals surface area (Å²) in [6.45, 7) is 0.520. The number of carbonyl (C=O) groups is 1. The second-order valence-corrected chi connectivity index (χ2v) is 4.86. The van der Waals surface area contributed by atoms with Gasteiger partial charge in [-0.15, -0.1) is 11.3 Å². The SMILES string of the molecule is O=C(NCc1ccc2nc[nH]c2c1)c1cccs1. The first-order valence-electron chi connectivity index (χ1n) is 5.56. The fraction of sp³-hybridized carbons (Fsp3) is 0.0769. The van der Waals surface area contributed by atoms with Crippen LogP contribution in [0, 0.1) is 0 Å². The van der Waals surface area contributed by atoms with E-state index < -0.39 is 0 Å². The molecule has 0 fully saturated rings. The maximum absolute atomic E-state index is 11.8. The lowest BCUT2D eigenvalue weighted by Crippen LogP contribution is -2.21. The molecule has 0 aliphatic heterocycles. The highest BCUT2D eigenvalue weighted by atomic mass is 32.1. The summed E-state index contributed by atoms with van der Waals surface area (Å²) in [6, 6.07) is 9.60. The van der Waals surface area contributed by atoms with Crippen LogP contribution in [-0.2, 0) is 6.54 Å². The number of hydrogen-bond acceptors (Lipinski definition) is 3. The zero-order chi connectivity index (χ0) is 12.4. The average Bonchev–Trinajstić information content (AvgIpc) is 3.05. The molecule has 0 atom stereocenters. The van der Waals surface area contributed by atoms with E-state index in [1.54, 1.807) is 6.33 Å². The molecule has 1 amide bonds. The molecule has 3 rings (SSSR count). The van der Waals surface area contributed by atoms with Crippen LogP contribution < -0.4 is 5.32 Å². The number of thiophene rings is 1. The summed E-state index contributed by atoms with van der Waals surface area (Å²) in [5.74, 6) is -0.0327. The quantitative estimate of drug-likeness (QED) is 0.757. The van der Waals surface area contributed by atoms with Gasteiger partial charge in [-0.3, -0.25) is 4.79 Å². The van der Waals surface area contributed by atoms with Crippen molar-refractivity contribution >= 4 is 28.3 Å². The third-order valence-corrected chi connectivity index (χ3v) is 3.55. The molecule has 0 aliphatic rings. The Kier molecular flexibility index (Phi) is 2.82. The summed E-state index contributed by atoms with van der Waals surface area (Å²) in [5, 5.41) is 4.79. The molecule has 0 unspecified atom stereocenters. The molecule has 0 radical (unpaired) electrons. The number of rotatable bonds is 3. The maximum Gasteiger partial charge on any atom is 0.261 e. The Morgan fingerprint density at radius 2 is 2.33 bits per heavy atom. The normalized spacial score (nSPS) is 10.7. The molecular formula is C13H11N3OS. The number of aromatic nitrogens is 2. The van der Waals surface area contributed by atoms with Crippen molar-refractivity contribution in [1.29, 1.82) is 0 Å². The molecule has 3 aromatic rings. The molecule has 1 aromatic carbocycles. The standard InChI is InChI=1S/C13H11N3OS/c17-13(12-2-1-5-18-12)14-7-9-3-4-10-11(6-9)16-8-15-10/h1-6,8H,7H2,(H,14,17)(H,15,16). The number of benzene rings is 1. The number of H-pyrrole nitrogens is 1. The van der Waals surface area contributed by atoms with Crippen molar-refractivity contribution in [2.45, 2.75) is 6.54 Å². The molecular weight excluding hydrogens is 246 g/mol. The van der Waals surface area contributed by atoms with E-state index in [2.05, 4.69) is 15.3 Å². The minimum atomic E-state index is -0.0327. The van der Waals surface area contributed by atoms with Gasteiger partial charge in [-0.2, -0.15) is 0 Å². The van der Waals surface area contributed by atoms with Crippen LogP contribution in [0.15, 0.2) is 42.0 Å². The lowest BCUT2D eigenvalue weighted by Gasteiger charge is -2.03. The number of amides is 1. The minimum Gasteiger partial charge on any atom is -0.347 e. The van der Waals surface area contributed by atoms with Crippen molar-refractivity contribution in [1.82, 2.24) is 15.3 Å². The van der Waals surface area contributed by atoms with E-state index in [-0.39, 0.29) is 5.91 Å². The second-order valence-electron chi connectivity index (χ2n) is 3.91. The summed E-state index contributed by atoms with van der Waals surface area (Å²) in [5.41, 5.74) is 2.97. The molecule has 90 valence electrons. The Balaban J connectivity index is 1.71. The van der Waals surface area contributed by atoms with Crippen LogP contribution in [0.25, 0.3) is 11.0 Å².